The highest BCUT2D eigenvalue weighted by Crippen LogP contribution is 2.30. The van der Waals surface area contributed by atoms with Crippen molar-refractivity contribution in [2.24, 2.45) is 0 Å². The lowest BCUT2D eigenvalue weighted by molar-refractivity contribution is -0.125. The van der Waals surface area contributed by atoms with Crippen molar-refractivity contribution in [3.8, 4) is 11.5 Å². The third kappa shape index (κ3) is 5.99. The number of hydrogen-bond donors (Lipinski definition) is 2. The number of piperazine rings is 1. The normalized spacial score (nSPS) is 13.8. The van der Waals surface area contributed by atoms with Crippen LogP contribution in [-0.4, -0.2) is 72.3 Å². The Morgan fingerprint density at radius 3 is 2.30 bits per heavy atom. The molecule has 3 aromatic rings. The van der Waals surface area contributed by atoms with E-state index < -0.39 is 5.91 Å². The fourth-order valence-electron chi connectivity index (χ4n) is 3.98. The van der Waals surface area contributed by atoms with E-state index in [-0.39, 0.29) is 11.5 Å². The van der Waals surface area contributed by atoms with Crippen molar-refractivity contribution in [2.75, 3.05) is 45.3 Å². The Labute approximate surface area is 219 Å². The topological polar surface area (TPSA) is 117 Å². The summed E-state index contributed by atoms with van der Waals surface area (Å²) in [6.07, 6.45) is 4.50. The van der Waals surface area contributed by atoms with Crippen molar-refractivity contribution < 1.29 is 24.3 Å². The molecule has 1 saturated heterocycles. The number of ether oxygens (including phenoxy) is 2. The van der Waals surface area contributed by atoms with Crippen LogP contribution < -0.4 is 19.9 Å². The van der Waals surface area contributed by atoms with Gasteiger partial charge in [-0.15, -0.1) is 0 Å². The fourth-order valence-corrected chi connectivity index (χ4v) is 4.17. The molecule has 37 heavy (non-hydrogen) atoms. The van der Waals surface area contributed by atoms with Gasteiger partial charge in [-0.1, -0.05) is 29.8 Å². The van der Waals surface area contributed by atoms with Crippen LogP contribution in [0.5, 0.6) is 11.5 Å². The van der Waals surface area contributed by atoms with Crippen LogP contribution in [-0.2, 0) is 4.79 Å². The minimum absolute atomic E-state index is 0.132. The molecule has 1 aliphatic heterocycles. The molecule has 0 spiro atoms. The molecule has 11 heteroatoms. The zero-order chi connectivity index (χ0) is 26.4. The Bertz CT molecular complexity index is 1310. The molecule has 0 radical (unpaired) electrons. The third-order valence-corrected chi connectivity index (χ3v) is 6.17. The highest BCUT2D eigenvalue weighted by molar-refractivity contribution is 6.31. The Morgan fingerprint density at radius 1 is 0.973 bits per heavy atom. The van der Waals surface area contributed by atoms with Crippen LogP contribution in [0.15, 0.2) is 54.9 Å². The Balaban J connectivity index is 1.55. The summed E-state index contributed by atoms with van der Waals surface area (Å²) in [6, 6.07) is 12.6. The smallest absolute Gasteiger partial charge is 0.277 e. The molecule has 0 atom stereocenters. The summed E-state index contributed by atoms with van der Waals surface area (Å²) in [7, 11) is 3.13. The highest BCUT2D eigenvalue weighted by Gasteiger charge is 2.26. The first kappa shape index (κ1) is 25.9. The van der Waals surface area contributed by atoms with Gasteiger partial charge in [0, 0.05) is 49.2 Å². The van der Waals surface area contributed by atoms with E-state index in [1.54, 1.807) is 42.8 Å². The van der Waals surface area contributed by atoms with Crippen LogP contribution >= 0.6 is 11.6 Å². The molecular weight excluding hydrogens is 498 g/mol. The van der Waals surface area contributed by atoms with Gasteiger partial charge in [-0.3, -0.25) is 14.8 Å². The summed E-state index contributed by atoms with van der Waals surface area (Å²) < 4.78 is 10.7. The third-order valence-electron chi connectivity index (χ3n) is 5.94. The lowest BCUT2D eigenvalue weighted by atomic mass is 10.0. The second-order valence-corrected chi connectivity index (χ2v) is 8.61. The van der Waals surface area contributed by atoms with E-state index in [0.29, 0.717) is 59.8 Å². The average Bonchev–Trinajstić information content (AvgIpc) is 2.95. The Morgan fingerprint density at radius 2 is 1.68 bits per heavy atom. The number of carbonyl (C=O) groups is 2. The molecule has 2 aromatic carbocycles. The minimum atomic E-state index is -0.684. The summed E-state index contributed by atoms with van der Waals surface area (Å²) >= 11 is 6.25. The largest absolute Gasteiger partial charge is 0.493 e. The molecule has 2 heterocycles. The molecule has 0 aliphatic carbocycles. The number of carbonyl (C=O) groups excluding carboxylic acids is 2. The first-order valence-electron chi connectivity index (χ1n) is 11.4. The van der Waals surface area contributed by atoms with Crippen LogP contribution in [0.1, 0.15) is 21.5 Å². The van der Waals surface area contributed by atoms with Crippen LogP contribution in [0.3, 0.4) is 0 Å². The van der Waals surface area contributed by atoms with Crippen LogP contribution in [0.4, 0.5) is 5.95 Å². The molecule has 0 saturated carbocycles. The summed E-state index contributed by atoms with van der Waals surface area (Å²) in [5, 5.41) is 9.28. The van der Waals surface area contributed by atoms with Crippen molar-refractivity contribution in [1.82, 2.24) is 20.3 Å². The Kier molecular flexibility index (Phi) is 8.22. The fraction of sp³-hybridized carbons (Fsp3) is 0.231. The maximum Gasteiger partial charge on any atom is 0.277 e. The van der Waals surface area contributed by atoms with Gasteiger partial charge >= 0.3 is 0 Å². The number of anilines is 1. The maximum absolute atomic E-state index is 13.7. The lowest BCUT2D eigenvalue weighted by Crippen LogP contribution is -2.49. The number of hydrogen-bond acceptors (Lipinski definition) is 8. The van der Waals surface area contributed by atoms with E-state index in [9.17, 15) is 9.59 Å². The monoisotopic (exact) mass is 523 g/mol. The first-order chi connectivity index (χ1) is 17.9. The van der Waals surface area contributed by atoms with Crippen molar-refractivity contribution in [2.45, 2.75) is 0 Å². The van der Waals surface area contributed by atoms with Gasteiger partial charge in [0.05, 0.1) is 19.8 Å². The molecule has 1 aromatic heterocycles. The number of halogens is 1. The van der Waals surface area contributed by atoms with E-state index >= 15 is 0 Å². The Hall–Kier alpha value is -4.15. The zero-order valence-electron chi connectivity index (χ0n) is 20.3. The van der Waals surface area contributed by atoms with Crippen molar-refractivity contribution in [3.05, 3.63) is 76.6 Å². The van der Waals surface area contributed by atoms with Gasteiger partial charge in [0.15, 0.2) is 11.5 Å². The summed E-state index contributed by atoms with van der Waals surface area (Å²) in [6.45, 7) is 1.92. The maximum atomic E-state index is 13.7. The molecule has 1 fully saturated rings. The molecule has 1 aliphatic rings. The van der Waals surface area contributed by atoms with Crippen LogP contribution in [0.25, 0.3) is 11.6 Å². The molecular formula is C26H26ClN5O5. The van der Waals surface area contributed by atoms with Crippen molar-refractivity contribution >= 4 is 41.0 Å². The van der Waals surface area contributed by atoms with E-state index in [2.05, 4.69) is 9.97 Å². The van der Waals surface area contributed by atoms with Gasteiger partial charge in [-0.25, -0.2) is 15.4 Å². The zero-order valence-corrected chi connectivity index (χ0v) is 21.1. The number of benzene rings is 2. The van der Waals surface area contributed by atoms with Crippen LogP contribution in [0.2, 0.25) is 5.02 Å². The van der Waals surface area contributed by atoms with Gasteiger partial charge in [-0.2, -0.15) is 0 Å². The summed E-state index contributed by atoms with van der Waals surface area (Å²) in [5.74, 6) is 0.783. The molecule has 2 N–H and O–H groups in total. The summed E-state index contributed by atoms with van der Waals surface area (Å²) in [5.41, 5.74) is 3.68. The highest BCUT2D eigenvalue weighted by atomic mass is 35.5. The van der Waals surface area contributed by atoms with Crippen LogP contribution in [0, 0.1) is 0 Å². The van der Waals surface area contributed by atoms with E-state index in [1.807, 2.05) is 35.2 Å². The van der Waals surface area contributed by atoms with Gasteiger partial charge in [0.1, 0.15) is 0 Å². The van der Waals surface area contributed by atoms with Crippen molar-refractivity contribution in [3.63, 3.8) is 0 Å². The lowest BCUT2D eigenvalue weighted by Gasteiger charge is -2.35. The standard InChI is InChI=1S/C26H26ClN5O5/c1-36-22-7-6-17(13-23(22)37-2)12-21(18-4-3-5-20(27)14-18)25(34)31-8-10-32(11-9-31)26-28-15-19(16-29-26)24(33)30-35/h3-7,12-16,35H,8-11H2,1-2H3,(H,30,33). The second-order valence-electron chi connectivity index (χ2n) is 8.17. The minimum Gasteiger partial charge on any atom is -0.493 e. The molecule has 0 bridgehead atoms. The predicted molar refractivity (Wildman–Crippen MR) is 139 cm³/mol. The van der Waals surface area contributed by atoms with Gasteiger partial charge in [-0.05, 0) is 41.5 Å². The average molecular weight is 524 g/mol. The van der Waals surface area contributed by atoms with E-state index in [4.69, 9.17) is 26.3 Å². The number of hydroxylamine groups is 1. The number of aromatic nitrogens is 2. The molecule has 192 valence electrons. The number of nitrogens with zero attached hydrogens (tertiary/aromatic N) is 4. The predicted octanol–water partition coefficient (Wildman–Crippen LogP) is 3.16. The van der Waals surface area contributed by atoms with Gasteiger partial charge < -0.3 is 19.3 Å². The quantitative estimate of drug-likeness (QED) is 0.210. The SMILES string of the molecule is COc1ccc(C=C(C(=O)N2CCN(c3ncc(C(=O)NO)cn3)CC2)c2cccc(Cl)c2)cc1OC. The molecule has 0 unspecified atom stereocenters. The van der Waals surface area contributed by atoms with Gasteiger partial charge in [0.25, 0.3) is 11.8 Å². The summed E-state index contributed by atoms with van der Waals surface area (Å²) in [4.78, 5) is 37.4. The number of nitrogens with one attached hydrogen (secondary N) is 1. The second kappa shape index (κ2) is 11.7. The van der Waals surface area contributed by atoms with Crippen molar-refractivity contribution in [1.29, 1.82) is 0 Å². The molecule has 10 nitrogen and oxygen atoms in total. The number of rotatable bonds is 7. The van der Waals surface area contributed by atoms with E-state index in [0.717, 1.165) is 5.56 Å². The number of amides is 2. The first-order valence-corrected chi connectivity index (χ1v) is 11.8. The van der Waals surface area contributed by atoms with E-state index in [1.165, 1.54) is 12.4 Å². The molecule has 4 rings (SSSR count). The molecule has 2 amide bonds. The van der Waals surface area contributed by atoms with Gasteiger partial charge in [0.2, 0.25) is 5.95 Å². The number of methoxy groups -OCH3 is 2.